The van der Waals surface area contributed by atoms with Crippen LogP contribution in [-0.4, -0.2) is 22.2 Å². The Morgan fingerprint density at radius 3 is 0.905 bits per heavy atom. The average molecular weight is 310 g/mol. The van der Waals surface area contributed by atoms with Crippen LogP contribution in [0.2, 0.25) is 0 Å². The molecule has 5 heteroatoms. The molecular weight excluding hydrogens is 279 g/mol. The predicted octanol–water partition coefficient (Wildman–Crippen LogP) is 1.73. The molecule has 0 amide bonds. The number of aliphatic carboxylic acids is 2. The van der Waals surface area contributed by atoms with Gasteiger partial charge in [-0.2, -0.15) is 0 Å². The monoisotopic (exact) mass is 310 g/mol. The zero-order valence-electron chi connectivity index (χ0n) is 14.6. The van der Waals surface area contributed by atoms with Crippen LogP contribution in [0.4, 0.5) is 0 Å². The maximum Gasteiger partial charge on any atom is 1.00 e. The van der Waals surface area contributed by atoms with Gasteiger partial charge in [-0.1, -0.05) is 64.2 Å². The van der Waals surface area contributed by atoms with E-state index in [2.05, 4.69) is 0 Å². The van der Waals surface area contributed by atoms with Gasteiger partial charge < -0.3 is 11.6 Å². The first-order valence-electron chi connectivity index (χ1n) is 8.06. The number of hydrogen-bond acceptors (Lipinski definition) is 2. The molecule has 0 radical (unpaired) electrons. The number of rotatable bonds is 15. The van der Waals surface area contributed by atoms with Crippen molar-refractivity contribution in [3.05, 3.63) is 0 Å². The Labute approximate surface area is 152 Å². The van der Waals surface area contributed by atoms with Gasteiger partial charge in [0.1, 0.15) is 0 Å². The minimum Gasteiger partial charge on any atom is -1.00 e. The van der Waals surface area contributed by atoms with Crippen molar-refractivity contribution in [2.75, 3.05) is 0 Å². The van der Waals surface area contributed by atoms with Crippen molar-refractivity contribution in [3.63, 3.8) is 0 Å². The molecule has 0 bridgehead atoms. The van der Waals surface area contributed by atoms with Crippen LogP contribution in [0.25, 0.3) is 0 Å². The van der Waals surface area contributed by atoms with E-state index in [1.165, 1.54) is 38.5 Å². The molecule has 21 heavy (non-hydrogen) atoms. The van der Waals surface area contributed by atoms with E-state index >= 15 is 0 Å². The van der Waals surface area contributed by atoms with Gasteiger partial charge >= 0.3 is 41.5 Å². The van der Waals surface area contributed by atoms with Crippen LogP contribution in [0.1, 0.15) is 91.3 Å². The van der Waals surface area contributed by atoms with Gasteiger partial charge in [0.15, 0.2) is 0 Å². The van der Waals surface area contributed by atoms with Gasteiger partial charge in [0.05, 0.1) is 0 Å². The summed E-state index contributed by atoms with van der Waals surface area (Å²) in [4.78, 5) is 20.6. The van der Waals surface area contributed by atoms with Crippen molar-refractivity contribution in [3.8, 4) is 0 Å². The van der Waals surface area contributed by atoms with E-state index in [-0.39, 0.29) is 31.0 Å². The summed E-state index contributed by atoms with van der Waals surface area (Å²) in [6.45, 7) is 0. The second-order valence-corrected chi connectivity index (χ2v) is 5.53. The van der Waals surface area contributed by atoms with Crippen LogP contribution in [0, 0.1) is 0 Å². The number of carbonyl (C=O) groups is 2. The van der Waals surface area contributed by atoms with Crippen molar-refractivity contribution in [1.29, 1.82) is 0 Å². The van der Waals surface area contributed by atoms with E-state index in [9.17, 15) is 9.59 Å². The Bertz CT molecular complexity index is 237. The van der Waals surface area contributed by atoms with E-state index in [0.717, 1.165) is 38.5 Å². The molecule has 0 atom stereocenters. The molecule has 0 saturated carbocycles. The van der Waals surface area contributed by atoms with Crippen LogP contribution in [0.15, 0.2) is 0 Å². The molecule has 0 aliphatic rings. The molecule has 0 heterocycles. The summed E-state index contributed by atoms with van der Waals surface area (Å²) in [5, 5.41) is 17.0. The Morgan fingerprint density at radius 2 is 0.714 bits per heavy atom. The van der Waals surface area contributed by atoms with Crippen LogP contribution in [0.3, 0.4) is 0 Å². The molecule has 2 N–H and O–H groups in total. The molecule has 0 unspecified atom stereocenters. The standard InChI is InChI=1S/C16H30O4.Na.H/c17-15(18)13-11-9-7-5-3-1-2-4-6-8-10-12-14-16(19)20;;/h1-14H2,(H,17,18)(H,19,20);;/q;+1;-1. The van der Waals surface area contributed by atoms with Crippen molar-refractivity contribution in [1.82, 2.24) is 0 Å². The quantitative estimate of drug-likeness (QED) is 0.357. The smallest absolute Gasteiger partial charge is 1.00 e. The van der Waals surface area contributed by atoms with Gasteiger partial charge in [-0.05, 0) is 12.8 Å². The first-order valence-corrected chi connectivity index (χ1v) is 8.06. The zero-order valence-corrected chi connectivity index (χ0v) is 15.6. The second-order valence-electron chi connectivity index (χ2n) is 5.53. The Kier molecular flexibility index (Phi) is 19.9. The second kappa shape index (κ2) is 18.0. The molecule has 0 aliphatic carbocycles. The normalized spacial score (nSPS) is 10.1. The van der Waals surface area contributed by atoms with E-state index in [0.29, 0.717) is 12.8 Å². The van der Waals surface area contributed by atoms with Gasteiger partial charge in [0.2, 0.25) is 0 Å². The molecule has 0 aromatic heterocycles. The number of hydrogen-bond donors (Lipinski definition) is 2. The predicted molar refractivity (Wildman–Crippen MR) is 81.0 cm³/mol. The maximum absolute atomic E-state index is 10.3. The number of carboxylic acid groups (broad SMARTS) is 2. The third-order valence-electron chi connectivity index (χ3n) is 3.53. The summed E-state index contributed by atoms with van der Waals surface area (Å²) in [7, 11) is 0. The fraction of sp³-hybridized carbons (Fsp3) is 0.875. The third-order valence-corrected chi connectivity index (χ3v) is 3.53. The molecule has 0 fully saturated rings. The minimum absolute atomic E-state index is 0. The van der Waals surface area contributed by atoms with E-state index in [4.69, 9.17) is 10.2 Å². The summed E-state index contributed by atoms with van der Waals surface area (Å²) >= 11 is 0. The molecule has 120 valence electrons. The van der Waals surface area contributed by atoms with Gasteiger partial charge in [-0.15, -0.1) is 0 Å². The van der Waals surface area contributed by atoms with Crippen molar-refractivity contribution >= 4 is 11.9 Å². The Balaban J connectivity index is -0.00000180. The van der Waals surface area contributed by atoms with Crippen LogP contribution in [0.5, 0.6) is 0 Å². The van der Waals surface area contributed by atoms with Gasteiger partial charge in [0, 0.05) is 12.8 Å². The summed E-state index contributed by atoms with van der Waals surface area (Å²) < 4.78 is 0. The van der Waals surface area contributed by atoms with Gasteiger partial charge in [-0.3, -0.25) is 9.59 Å². The summed E-state index contributed by atoms with van der Waals surface area (Å²) in [6.07, 6.45) is 14.1. The van der Waals surface area contributed by atoms with E-state index in [1.54, 1.807) is 0 Å². The summed E-state index contributed by atoms with van der Waals surface area (Å²) in [5.74, 6) is -1.37. The first-order chi connectivity index (χ1) is 9.63. The molecule has 0 aromatic rings. The van der Waals surface area contributed by atoms with E-state index in [1.807, 2.05) is 0 Å². The molecule has 0 spiro atoms. The molecule has 0 rings (SSSR count). The molecule has 0 aromatic carbocycles. The van der Waals surface area contributed by atoms with Gasteiger partial charge in [0.25, 0.3) is 0 Å². The summed E-state index contributed by atoms with van der Waals surface area (Å²) in [5.41, 5.74) is 0. The molecule has 4 nitrogen and oxygen atoms in total. The van der Waals surface area contributed by atoms with Crippen LogP contribution >= 0.6 is 0 Å². The van der Waals surface area contributed by atoms with E-state index < -0.39 is 11.9 Å². The molecular formula is C16H31NaO4. The Morgan fingerprint density at radius 1 is 0.524 bits per heavy atom. The maximum atomic E-state index is 10.3. The topological polar surface area (TPSA) is 74.6 Å². The van der Waals surface area contributed by atoms with Crippen molar-refractivity contribution < 1.29 is 50.8 Å². The third kappa shape index (κ3) is 22.4. The largest absolute Gasteiger partial charge is 1.00 e. The number of carboxylic acids is 2. The average Bonchev–Trinajstić information content (AvgIpc) is 2.38. The zero-order chi connectivity index (χ0) is 15.1. The SMILES string of the molecule is O=C(O)CCCCCCCCCCCCCCC(=O)O.[H-].[Na+]. The van der Waals surface area contributed by atoms with Gasteiger partial charge in [-0.25, -0.2) is 0 Å². The number of unbranched alkanes of at least 4 members (excludes halogenated alkanes) is 11. The van der Waals surface area contributed by atoms with Crippen LogP contribution in [-0.2, 0) is 9.59 Å². The molecule has 0 aliphatic heterocycles. The van der Waals surface area contributed by atoms with Crippen LogP contribution < -0.4 is 29.6 Å². The minimum atomic E-state index is -0.687. The fourth-order valence-corrected chi connectivity index (χ4v) is 2.32. The molecule has 0 saturated heterocycles. The fourth-order valence-electron chi connectivity index (χ4n) is 2.32. The summed E-state index contributed by atoms with van der Waals surface area (Å²) in [6, 6.07) is 0. The van der Waals surface area contributed by atoms with Crippen molar-refractivity contribution in [2.24, 2.45) is 0 Å². The first kappa shape index (κ1) is 23.2. The van der Waals surface area contributed by atoms with Crippen molar-refractivity contribution in [2.45, 2.75) is 89.9 Å². The Hall–Kier alpha value is -0.0600.